The highest BCUT2D eigenvalue weighted by molar-refractivity contribution is 5.91. The predicted molar refractivity (Wildman–Crippen MR) is 135 cm³/mol. The lowest BCUT2D eigenvalue weighted by atomic mass is 9.77. The minimum Gasteiger partial charge on any atom is -0.497 e. The molecule has 2 aliphatic carbocycles. The van der Waals surface area contributed by atoms with Crippen LogP contribution in [-0.2, 0) is 27.8 Å². The monoisotopic (exact) mass is 472 g/mol. The molecular formula is C30H36N2O3. The molecule has 184 valence electrons. The Morgan fingerprint density at radius 3 is 2.03 bits per heavy atom. The van der Waals surface area contributed by atoms with E-state index < -0.39 is 0 Å². The Morgan fingerprint density at radius 2 is 1.46 bits per heavy atom. The second-order valence-electron chi connectivity index (χ2n) is 11.4. The average Bonchev–Trinajstić information content (AvgIpc) is 3.45. The molecule has 0 radical (unpaired) electrons. The molecule has 2 aliphatic heterocycles. The van der Waals surface area contributed by atoms with E-state index in [0.717, 1.165) is 82.4 Å². The van der Waals surface area contributed by atoms with Crippen LogP contribution in [0.2, 0.25) is 0 Å². The van der Waals surface area contributed by atoms with E-state index in [2.05, 4.69) is 46.2 Å². The molecule has 5 heteroatoms. The van der Waals surface area contributed by atoms with Crippen molar-refractivity contribution in [3.8, 4) is 5.75 Å². The van der Waals surface area contributed by atoms with Crippen molar-refractivity contribution in [1.29, 1.82) is 0 Å². The van der Waals surface area contributed by atoms with Gasteiger partial charge in [0, 0.05) is 32.6 Å². The van der Waals surface area contributed by atoms with E-state index in [1.165, 1.54) is 11.1 Å². The van der Waals surface area contributed by atoms with Crippen molar-refractivity contribution >= 4 is 11.8 Å². The van der Waals surface area contributed by atoms with Gasteiger partial charge in [-0.25, -0.2) is 0 Å². The molecule has 35 heavy (non-hydrogen) atoms. The van der Waals surface area contributed by atoms with Gasteiger partial charge in [-0.1, -0.05) is 36.4 Å². The minimum absolute atomic E-state index is 0.187. The number of carbonyl (C=O) groups excluding carboxylic acids is 2. The van der Waals surface area contributed by atoms with Crippen molar-refractivity contribution in [3.63, 3.8) is 0 Å². The summed E-state index contributed by atoms with van der Waals surface area (Å²) in [5.41, 5.74) is 3.82. The van der Waals surface area contributed by atoms with Crippen LogP contribution in [0.4, 0.5) is 0 Å². The van der Waals surface area contributed by atoms with Gasteiger partial charge in [0.05, 0.1) is 12.5 Å². The van der Waals surface area contributed by atoms with E-state index in [1.807, 2.05) is 12.1 Å². The van der Waals surface area contributed by atoms with Crippen molar-refractivity contribution in [2.45, 2.75) is 56.8 Å². The average molecular weight is 473 g/mol. The molecule has 6 rings (SSSR count). The fourth-order valence-electron chi connectivity index (χ4n) is 6.88. The number of amides is 2. The molecule has 0 unspecified atom stereocenters. The van der Waals surface area contributed by atoms with Crippen LogP contribution < -0.4 is 4.74 Å². The molecule has 2 heterocycles. The topological polar surface area (TPSA) is 49.9 Å². The third kappa shape index (κ3) is 4.13. The highest BCUT2D eigenvalue weighted by Crippen LogP contribution is 2.52. The molecule has 0 atom stereocenters. The van der Waals surface area contributed by atoms with Crippen LogP contribution in [0.5, 0.6) is 5.75 Å². The van der Waals surface area contributed by atoms with E-state index in [-0.39, 0.29) is 10.8 Å². The van der Waals surface area contributed by atoms with Gasteiger partial charge in [0.15, 0.2) is 0 Å². The number of hydrogen-bond acceptors (Lipinski definition) is 3. The van der Waals surface area contributed by atoms with Gasteiger partial charge in [-0.3, -0.25) is 9.59 Å². The zero-order valence-corrected chi connectivity index (χ0v) is 20.8. The first kappa shape index (κ1) is 22.6. The zero-order chi connectivity index (χ0) is 24.0. The summed E-state index contributed by atoms with van der Waals surface area (Å²) in [6.07, 6.45) is 7.71. The van der Waals surface area contributed by atoms with Gasteiger partial charge in [-0.2, -0.15) is 0 Å². The second-order valence-corrected chi connectivity index (χ2v) is 11.4. The number of likely N-dealkylation sites (tertiary alicyclic amines) is 2. The van der Waals surface area contributed by atoms with Crippen LogP contribution in [0.15, 0.2) is 48.5 Å². The highest BCUT2D eigenvalue weighted by Gasteiger charge is 2.55. The summed E-state index contributed by atoms with van der Waals surface area (Å²) in [6.45, 7) is 3.38. The molecule has 1 saturated carbocycles. The number of methoxy groups -OCH3 is 1. The van der Waals surface area contributed by atoms with E-state index in [1.54, 1.807) is 7.11 Å². The summed E-state index contributed by atoms with van der Waals surface area (Å²) in [4.78, 5) is 30.9. The lowest BCUT2D eigenvalue weighted by molar-refractivity contribution is -0.136. The first-order valence-electron chi connectivity index (χ1n) is 13.3. The van der Waals surface area contributed by atoms with E-state index in [9.17, 15) is 9.59 Å². The second kappa shape index (κ2) is 8.69. The van der Waals surface area contributed by atoms with Gasteiger partial charge in [0.1, 0.15) is 5.75 Å². The summed E-state index contributed by atoms with van der Waals surface area (Å²) in [7, 11) is 1.67. The molecule has 0 N–H and O–H groups in total. The molecule has 1 spiro atoms. The van der Waals surface area contributed by atoms with E-state index in [4.69, 9.17) is 4.74 Å². The first-order valence-corrected chi connectivity index (χ1v) is 13.3. The van der Waals surface area contributed by atoms with Crippen molar-refractivity contribution in [3.05, 3.63) is 65.2 Å². The number of carbonyl (C=O) groups is 2. The lowest BCUT2D eigenvalue weighted by Gasteiger charge is -2.39. The molecule has 2 aromatic carbocycles. The summed E-state index contributed by atoms with van der Waals surface area (Å²) >= 11 is 0. The number of hydrogen-bond donors (Lipinski definition) is 0. The number of benzene rings is 2. The Hall–Kier alpha value is -2.82. The predicted octanol–water partition coefficient (Wildman–Crippen LogP) is 4.37. The van der Waals surface area contributed by atoms with Crippen LogP contribution in [0.3, 0.4) is 0 Å². The van der Waals surface area contributed by atoms with E-state index in [0.29, 0.717) is 24.2 Å². The molecule has 0 aromatic heterocycles. The van der Waals surface area contributed by atoms with E-state index >= 15 is 0 Å². The Kier molecular flexibility index (Phi) is 5.62. The molecule has 3 fully saturated rings. The van der Waals surface area contributed by atoms with Gasteiger partial charge in [-0.15, -0.1) is 0 Å². The number of nitrogens with zero attached hydrogens (tertiary/aromatic N) is 2. The smallest absolute Gasteiger partial charge is 0.233 e. The SMILES string of the molecule is COc1ccc(C2(C(=O)N3CCC4(CCN(C(=O)CC5Cc6ccccc6C5)CC4)C3)CC2)cc1. The largest absolute Gasteiger partial charge is 0.497 e. The maximum atomic E-state index is 13.6. The molecular weight excluding hydrogens is 436 g/mol. The Morgan fingerprint density at radius 1 is 0.857 bits per heavy atom. The van der Waals surface area contributed by atoms with Crippen molar-refractivity contribution in [2.24, 2.45) is 11.3 Å². The Bertz CT molecular complexity index is 1090. The zero-order valence-electron chi connectivity index (χ0n) is 20.8. The Balaban J connectivity index is 1.03. The minimum atomic E-state index is -0.326. The van der Waals surface area contributed by atoms with Crippen LogP contribution >= 0.6 is 0 Å². The van der Waals surface area contributed by atoms with Crippen molar-refractivity contribution in [2.75, 3.05) is 33.3 Å². The fourth-order valence-corrected chi connectivity index (χ4v) is 6.88. The number of fused-ring (bicyclic) bond motifs is 1. The summed E-state index contributed by atoms with van der Waals surface area (Å²) in [5.74, 6) is 1.90. The molecule has 0 bridgehead atoms. The van der Waals surface area contributed by atoms with Crippen LogP contribution in [-0.4, -0.2) is 54.9 Å². The molecule has 2 saturated heterocycles. The maximum absolute atomic E-state index is 13.6. The molecule has 2 aromatic rings. The molecule has 2 amide bonds. The molecule has 4 aliphatic rings. The summed E-state index contributed by atoms with van der Waals surface area (Å²) < 4.78 is 5.29. The number of ether oxygens (including phenoxy) is 1. The Labute approximate surface area is 208 Å². The third-order valence-corrected chi connectivity index (χ3v) is 9.30. The van der Waals surface area contributed by atoms with Crippen LogP contribution in [0.25, 0.3) is 0 Å². The first-order chi connectivity index (χ1) is 17.0. The standard InChI is InChI=1S/C30H36N2O3/c1-35-26-8-6-25(7-9-26)30(10-11-30)28(34)32-17-14-29(21-32)12-15-31(16-13-29)27(33)20-22-18-23-4-2-3-5-24(23)19-22/h2-9,22H,10-21H2,1H3. The van der Waals surface area contributed by atoms with Gasteiger partial charge in [-0.05, 0) is 85.1 Å². The third-order valence-electron chi connectivity index (χ3n) is 9.30. The van der Waals surface area contributed by atoms with Gasteiger partial charge in [0.25, 0.3) is 0 Å². The van der Waals surface area contributed by atoms with Gasteiger partial charge >= 0.3 is 0 Å². The van der Waals surface area contributed by atoms with Crippen LogP contribution in [0, 0.1) is 11.3 Å². The van der Waals surface area contributed by atoms with Gasteiger partial charge < -0.3 is 14.5 Å². The summed E-state index contributed by atoms with van der Waals surface area (Å²) in [6, 6.07) is 16.7. The normalized spacial score (nSPS) is 22.3. The quantitative estimate of drug-likeness (QED) is 0.649. The maximum Gasteiger partial charge on any atom is 0.233 e. The number of rotatable bonds is 5. The fraction of sp³-hybridized carbons (Fsp3) is 0.533. The molecule has 5 nitrogen and oxygen atoms in total. The number of piperidine rings is 1. The van der Waals surface area contributed by atoms with Crippen molar-refractivity contribution in [1.82, 2.24) is 9.80 Å². The lowest BCUT2D eigenvalue weighted by Crippen LogP contribution is -2.46. The van der Waals surface area contributed by atoms with Crippen molar-refractivity contribution < 1.29 is 14.3 Å². The van der Waals surface area contributed by atoms with Crippen LogP contribution in [0.1, 0.15) is 55.2 Å². The summed E-state index contributed by atoms with van der Waals surface area (Å²) in [5, 5.41) is 0. The highest BCUT2D eigenvalue weighted by atomic mass is 16.5. The van der Waals surface area contributed by atoms with Gasteiger partial charge in [0.2, 0.25) is 11.8 Å².